The molecule has 5 aromatic carbocycles. The van der Waals surface area contributed by atoms with Crippen molar-refractivity contribution in [2.24, 2.45) is 0 Å². The summed E-state index contributed by atoms with van der Waals surface area (Å²) in [6.07, 6.45) is 1.54. The van der Waals surface area contributed by atoms with Crippen LogP contribution < -0.4 is 20.7 Å². The molecule has 1 unspecified atom stereocenters. The first-order valence-corrected chi connectivity index (χ1v) is 17.7. The van der Waals surface area contributed by atoms with E-state index in [1.807, 2.05) is 73.7 Å². The number of benzene rings is 5. The molecule has 0 saturated heterocycles. The van der Waals surface area contributed by atoms with Gasteiger partial charge in [0.25, 0.3) is 11.8 Å². The van der Waals surface area contributed by atoms with Crippen LogP contribution in [0, 0.1) is 0 Å². The van der Waals surface area contributed by atoms with Crippen LogP contribution in [0.3, 0.4) is 0 Å². The summed E-state index contributed by atoms with van der Waals surface area (Å²) < 4.78 is 6.52. The predicted octanol–water partition coefficient (Wildman–Crippen LogP) is 9.23. The Morgan fingerprint density at radius 2 is 1.56 bits per heavy atom. The van der Waals surface area contributed by atoms with E-state index < -0.39 is 17.1 Å². The van der Waals surface area contributed by atoms with Gasteiger partial charge in [-0.1, -0.05) is 89.7 Å². The van der Waals surface area contributed by atoms with Crippen LogP contribution in [0.1, 0.15) is 33.7 Å². The van der Waals surface area contributed by atoms with Gasteiger partial charge >= 0.3 is 0 Å². The number of anilines is 2. The maximum atomic E-state index is 13.7. The highest BCUT2D eigenvalue weighted by atomic mass is 35.5. The first kappa shape index (κ1) is 34.4. The zero-order chi connectivity index (χ0) is 34.9. The summed E-state index contributed by atoms with van der Waals surface area (Å²) in [5.74, 6) is -0.424. The van der Waals surface area contributed by atoms with E-state index in [0.29, 0.717) is 33.6 Å². The molecule has 1 aromatic heterocycles. The first-order valence-electron chi connectivity index (χ1n) is 15.7. The molecule has 0 fully saturated rings. The molecule has 1 heterocycles. The minimum absolute atomic E-state index is 0.0233. The Hall–Kier alpha value is -5.42. The average Bonchev–Trinajstić information content (AvgIpc) is 3.54. The lowest BCUT2D eigenvalue weighted by molar-refractivity contribution is -0.116. The molecule has 50 heavy (non-hydrogen) atoms. The largest absolute Gasteiger partial charge is 0.494 e. The molecular weight excluding hydrogens is 688 g/mol. The third-order valence-electron chi connectivity index (χ3n) is 7.34. The third kappa shape index (κ3) is 8.78. The van der Waals surface area contributed by atoms with Crippen molar-refractivity contribution in [2.75, 3.05) is 17.2 Å². The predicted molar refractivity (Wildman–Crippen MR) is 203 cm³/mol. The van der Waals surface area contributed by atoms with Crippen molar-refractivity contribution in [1.29, 1.82) is 0 Å². The number of ether oxygens (including phenoxy) is 1. The van der Waals surface area contributed by atoms with Crippen molar-refractivity contribution in [3.63, 3.8) is 0 Å². The average molecular weight is 719 g/mol. The van der Waals surface area contributed by atoms with E-state index in [2.05, 4.69) is 20.9 Å². The minimum atomic E-state index is -0.582. The molecule has 1 atom stereocenters. The number of hydrogen-bond acceptors (Lipinski definition) is 7. The lowest BCUT2D eigenvalue weighted by Gasteiger charge is -2.17. The number of amides is 3. The van der Waals surface area contributed by atoms with Gasteiger partial charge in [-0.2, -0.15) is 0 Å². The van der Waals surface area contributed by atoms with E-state index in [1.54, 1.807) is 60.7 Å². The van der Waals surface area contributed by atoms with Gasteiger partial charge in [0.1, 0.15) is 16.7 Å². The van der Waals surface area contributed by atoms with Crippen LogP contribution in [-0.2, 0) is 9.59 Å². The van der Waals surface area contributed by atoms with Crippen molar-refractivity contribution < 1.29 is 19.1 Å². The topological polar surface area (TPSA) is 109 Å². The van der Waals surface area contributed by atoms with Gasteiger partial charge in [-0.05, 0) is 84.8 Å². The minimum Gasteiger partial charge on any atom is -0.494 e. The van der Waals surface area contributed by atoms with Crippen LogP contribution in [0.5, 0.6) is 5.75 Å². The first-order chi connectivity index (χ1) is 24.4. The molecule has 6 rings (SSSR count). The Morgan fingerprint density at radius 1 is 0.860 bits per heavy atom. The van der Waals surface area contributed by atoms with Gasteiger partial charge in [-0.15, -0.1) is 11.8 Å². The van der Waals surface area contributed by atoms with Gasteiger partial charge in [0.05, 0.1) is 16.8 Å². The number of thiazole rings is 1. The van der Waals surface area contributed by atoms with Crippen molar-refractivity contribution in [3.05, 3.63) is 155 Å². The Morgan fingerprint density at radius 3 is 2.28 bits per heavy atom. The van der Waals surface area contributed by atoms with Gasteiger partial charge in [-0.25, -0.2) is 4.98 Å². The van der Waals surface area contributed by atoms with Crippen LogP contribution >= 0.6 is 34.7 Å². The Kier molecular flexibility index (Phi) is 11.2. The van der Waals surface area contributed by atoms with E-state index in [9.17, 15) is 14.4 Å². The normalized spacial score (nSPS) is 11.8. The number of carbonyl (C=O) groups excluding carboxylic acids is 3. The number of aromatic nitrogens is 1. The molecule has 0 aliphatic heterocycles. The molecular formula is C39H31ClN4O4S2. The second kappa shape index (κ2) is 16.3. The number of rotatable bonds is 12. The van der Waals surface area contributed by atoms with Crippen LogP contribution in [0.25, 0.3) is 16.3 Å². The van der Waals surface area contributed by atoms with E-state index in [-0.39, 0.29) is 11.6 Å². The number of nitrogens with one attached hydrogen (secondary N) is 3. The summed E-state index contributed by atoms with van der Waals surface area (Å²) in [5, 5.41) is 8.94. The van der Waals surface area contributed by atoms with E-state index in [0.717, 1.165) is 26.4 Å². The molecule has 8 nitrogen and oxygen atoms in total. The van der Waals surface area contributed by atoms with Gasteiger partial charge in [0, 0.05) is 21.2 Å². The number of halogens is 1. The quantitative estimate of drug-likeness (QED) is 0.0860. The highest BCUT2D eigenvalue weighted by Crippen LogP contribution is 2.38. The van der Waals surface area contributed by atoms with Gasteiger partial charge in [0.15, 0.2) is 5.13 Å². The molecule has 3 amide bonds. The number of carbonyl (C=O) groups is 3. The Labute approximate surface area is 302 Å². The SMILES string of the molecule is CCOc1ccc2nc(NC(=O)C(Sc3ccc(NC(=O)/C(=C/c4ccccc4Cl)NC(=O)c4ccccc4)cc3)c3ccccc3)sc2c1. The second-order valence-electron chi connectivity index (χ2n) is 10.9. The Balaban J connectivity index is 1.18. The van der Waals surface area contributed by atoms with Crippen molar-refractivity contribution >= 4 is 79.5 Å². The molecule has 11 heteroatoms. The molecule has 3 N–H and O–H groups in total. The molecule has 0 saturated carbocycles. The lowest BCUT2D eigenvalue weighted by atomic mass is 10.1. The smallest absolute Gasteiger partial charge is 0.272 e. The fraction of sp³-hybridized carbons (Fsp3) is 0.0769. The van der Waals surface area contributed by atoms with E-state index in [1.165, 1.54) is 29.2 Å². The number of nitrogens with zero attached hydrogens (tertiary/aromatic N) is 1. The lowest BCUT2D eigenvalue weighted by Crippen LogP contribution is -2.30. The molecule has 0 aliphatic rings. The monoisotopic (exact) mass is 718 g/mol. The van der Waals surface area contributed by atoms with Crippen LogP contribution in [-0.4, -0.2) is 29.3 Å². The van der Waals surface area contributed by atoms with Gasteiger partial charge in [-0.3, -0.25) is 14.4 Å². The number of thioether (sulfide) groups is 1. The molecule has 250 valence electrons. The third-order valence-corrected chi connectivity index (χ3v) is 9.89. The molecule has 6 aromatic rings. The van der Waals surface area contributed by atoms with Crippen LogP contribution in [0.2, 0.25) is 5.02 Å². The summed E-state index contributed by atoms with van der Waals surface area (Å²) in [6, 6.07) is 38.0. The van der Waals surface area contributed by atoms with Crippen molar-refractivity contribution in [1.82, 2.24) is 10.3 Å². The summed E-state index contributed by atoms with van der Waals surface area (Å²) in [6.45, 7) is 2.49. The van der Waals surface area contributed by atoms with Crippen molar-refractivity contribution in [3.8, 4) is 5.75 Å². The molecule has 0 spiro atoms. The molecule has 0 bridgehead atoms. The zero-order valence-electron chi connectivity index (χ0n) is 26.8. The van der Waals surface area contributed by atoms with Gasteiger partial charge < -0.3 is 20.7 Å². The summed E-state index contributed by atoms with van der Waals surface area (Å²) >= 11 is 9.13. The summed E-state index contributed by atoms with van der Waals surface area (Å²) in [4.78, 5) is 45.6. The maximum absolute atomic E-state index is 13.7. The maximum Gasteiger partial charge on any atom is 0.272 e. The number of hydrogen-bond donors (Lipinski definition) is 3. The van der Waals surface area contributed by atoms with E-state index >= 15 is 0 Å². The fourth-order valence-corrected chi connectivity index (χ4v) is 7.04. The summed E-state index contributed by atoms with van der Waals surface area (Å²) in [5.41, 5.74) is 3.11. The zero-order valence-corrected chi connectivity index (χ0v) is 29.1. The molecule has 0 aliphatic carbocycles. The second-order valence-corrected chi connectivity index (χ2v) is 13.5. The molecule has 0 radical (unpaired) electrons. The summed E-state index contributed by atoms with van der Waals surface area (Å²) in [7, 11) is 0. The van der Waals surface area contributed by atoms with Crippen LogP contribution in [0.4, 0.5) is 10.8 Å². The Bertz CT molecular complexity index is 2160. The van der Waals surface area contributed by atoms with Gasteiger partial charge in [0.2, 0.25) is 5.91 Å². The van der Waals surface area contributed by atoms with Crippen molar-refractivity contribution in [2.45, 2.75) is 17.1 Å². The standard InChI is InChI=1S/C39H31ClN4O4S2/c1-2-48-29-19-22-32-34(24-29)50-39(43-32)44-38(47)35(25-11-5-3-6-12-25)49-30-20-17-28(18-21-30)41-37(46)33(23-27-15-9-10-16-31(27)40)42-36(45)26-13-7-4-8-14-26/h3-24,35H,2H2,1H3,(H,41,46)(H,42,45)(H,43,44,47)/b33-23-. The highest BCUT2D eigenvalue weighted by Gasteiger charge is 2.24. The highest BCUT2D eigenvalue weighted by molar-refractivity contribution is 8.00. The van der Waals surface area contributed by atoms with E-state index in [4.69, 9.17) is 16.3 Å². The fourth-order valence-electron chi connectivity index (χ4n) is 4.93. The van der Waals surface area contributed by atoms with Crippen LogP contribution in [0.15, 0.2) is 138 Å². The number of fused-ring (bicyclic) bond motifs is 1.